The lowest BCUT2D eigenvalue weighted by atomic mass is 10.4. The molecule has 3 aromatic rings. The molecule has 0 fully saturated rings. The topological polar surface area (TPSA) is 52.8 Å². The molecular weight excluding hydrogens is 284 g/mol. The molecule has 3 heterocycles. The van der Waals surface area contributed by atoms with Crippen LogP contribution in [-0.4, -0.2) is 26.6 Å². The van der Waals surface area contributed by atoms with E-state index in [0.29, 0.717) is 18.3 Å². The van der Waals surface area contributed by atoms with Crippen LogP contribution in [0, 0.1) is 0 Å². The highest BCUT2D eigenvalue weighted by Crippen LogP contribution is 2.21. The van der Waals surface area contributed by atoms with Gasteiger partial charge in [0.15, 0.2) is 5.65 Å². The van der Waals surface area contributed by atoms with Crippen molar-refractivity contribution >= 4 is 34.1 Å². The third-order valence-electron chi connectivity index (χ3n) is 2.77. The minimum atomic E-state index is 0.345. The molecule has 0 bridgehead atoms. The third kappa shape index (κ3) is 2.29. The lowest BCUT2D eigenvalue weighted by Gasteiger charge is -2.05. The zero-order chi connectivity index (χ0) is 13.2. The summed E-state index contributed by atoms with van der Waals surface area (Å²) in [5, 5.41) is 0. The first-order valence-electron chi connectivity index (χ1n) is 5.65. The number of hydrogen-bond acceptors (Lipinski definition) is 5. The van der Waals surface area contributed by atoms with Gasteiger partial charge in [-0.1, -0.05) is 0 Å². The number of thiazole rings is 1. The second-order valence-corrected chi connectivity index (χ2v) is 5.15. The molecule has 0 saturated heterocycles. The van der Waals surface area contributed by atoms with Crippen LogP contribution >= 0.6 is 22.9 Å². The number of aromatic nitrogens is 4. The molecular formula is C12H11ClN4OS. The molecule has 0 aliphatic rings. The first kappa shape index (κ1) is 12.4. The summed E-state index contributed by atoms with van der Waals surface area (Å²) in [6, 6.07) is 3.69. The molecule has 0 saturated carbocycles. The molecule has 0 radical (unpaired) electrons. The van der Waals surface area contributed by atoms with Crippen LogP contribution < -0.4 is 4.74 Å². The fourth-order valence-corrected chi connectivity index (χ4v) is 2.68. The molecule has 98 valence electrons. The summed E-state index contributed by atoms with van der Waals surface area (Å²) in [5.74, 6) is 1.71. The van der Waals surface area contributed by atoms with E-state index in [1.54, 1.807) is 24.5 Å². The quantitative estimate of drug-likeness (QED) is 0.694. The lowest BCUT2D eigenvalue weighted by Crippen LogP contribution is -2.03. The zero-order valence-electron chi connectivity index (χ0n) is 10.2. The lowest BCUT2D eigenvalue weighted by molar-refractivity contribution is 0.399. The molecule has 0 amide bonds. The van der Waals surface area contributed by atoms with Crippen molar-refractivity contribution in [2.24, 2.45) is 0 Å². The van der Waals surface area contributed by atoms with Gasteiger partial charge in [0, 0.05) is 17.1 Å². The molecule has 5 nitrogen and oxygen atoms in total. The van der Waals surface area contributed by atoms with Crippen molar-refractivity contribution in [3.63, 3.8) is 0 Å². The number of pyridine rings is 1. The Morgan fingerprint density at radius 3 is 2.95 bits per heavy atom. The van der Waals surface area contributed by atoms with E-state index in [0.717, 1.165) is 21.9 Å². The van der Waals surface area contributed by atoms with Crippen molar-refractivity contribution in [3.8, 4) is 5.88 Å². The number of rotatable bonds is 4. The summed E-state index contributed by atoms with van der Waals surface area (Å²) in [6.07, 6.45) is 1.84. The van der Waals surface area contributed by atoms with Gasteiger partial charge >= 0.3 is 0 Å². The van der Waals surface area contributed by atoms with E-state index in [2.05, 4.69) is 15.0 Å². The maximum absolute atomic E-state index is 5.96. The number of fused-ring (bicyclic) bond motifs is 1. The van der Waals surface area contributed by atoms with Crippen molar-refractivity contribution in [1.29, 1.82) is 0 Å². The summed E-state index contributed by atoms with van der Waals surface area (Å²) in [6.45, 7) is 0.670. The van der Waals surface area contributed by atoms with Crippen LogP contribution in [0.4, 0.5) is 0 Å². The molecule has 0 atom stereocenters. The first-order chi connectivity index (χ1) is 9.31. The Bertz CT molecular complexity index is 695. The summed E-state index contributed by atoms with van der Waals surface area (Å²) < 4.78 is 7.16. The van der Waals surface area contributed by atoms with Gasteiger partial charge in [-0.15, -0.1) is 22.9 Å². The maximum Gasteiger partial charge on any atom is 0.215 e. The van der Waals surface area contributed by atoms with Crippen molar-refractivity contribution in [1.82, 2.24) is 19.5 Å². The van der Waals surface area contributed by atoms with E-state index in [1.165, 1.54) is 0 Å². The van der Waals surface area contributed by atoms with Crippen LogP contribution in [0.1, 0.15) is 10.7 Å². The normalized spacial score (nSPS) is 11.1. The van der Waals surface area contributed by atoms with Crippen LogP contribution in [0.2, 0.25) is 0 Å². The van der Waals surface area contributed by atoms with Crippen LogP contribution in [-0.2, 0) is 12.4 Å². The van der Waals surface area contributed by atoms with Gasteiger partial charge in [0.1, 0.15) is 11.3 Å². The molecule has 0 N–H and O–H groups in total. The van der Waals surface area contributed by atoms with Gasteiger partial charge in [-0.3, -0.25) is 4.98 Å². The highest BCUT2D eigenvalue weighted by atomic mass is 35.5. The minimum Gasteiger partial charge on any atom is -0.481 e. The summed E-state index contributed by atoms with van der Waals surface area (Å²) in [7, 11) is 1.60. The minimum absolute atomic E-state index is 0.345. The van der Waals surface area contributed by atoms with Crippen molar-refractivity contribution in [3.05, 3.63) is 34.5 Å². The molecule has 7 heteroatoms. The van der Waals surface area contributed by atoms with Crippen molar-refractivity contribution in [2.75, 3.05) is 7.11 Å². The van der Waals surface area contributed by atoms with Crippen LogP contribution in [0.5, 0.6) is 5.88 Å². The molecule has 0 unspecified atom stereocenters. The Hall–Kier alpha value is -1.66. The fourth-order valence-electron chi connectivity index (χ4n) is 1.89. The van der Waals surface area contributed by atoms with Gasteiger partial charge in [0.25, 0.3) is 0 Å². The Balaban J connectivity index is 2.13. The van der Waals surface area contributed by atoms with Gasteiger partial charge in [0.05, 0.1) is 25.0 Å². The van der Waals surface area contributed by atoms with Gasteiger partial charge in [-0.2, -0.15) is 4.98 Å². The van der Waals surface area contributed by atoms with Crippen LogP contribution in [0.25, 0.3) is 11.2 Å². The van der Waals surface area contributed by atoms with Gasteiger partial charge < -0.3 is 9.30 Å². The van der Waals surface area contributed by atoms with Gasteiger partial charge in [-0.05, 0) is 6.07 Å². The highest BCUT2D eigenvalue weighted by Gasteiger charge is 2.13. The Kier molecular flexibility index (Phi) is 3.35. The molecule has 0 aromatic carbocycles. The highest BCUT2D eigenvalue weighted by molar-refractivity contribution is 7.09. The van der Waals surface area contributed by atoms with Crippen molar-refractivity contribution in [2.45, 2.75) is 12.4 Å². The average molecular weight is 295 g/mol. The molecule has 0 aliphatic carbocycles. The summed E-state index contributed by atoms with van der Waals surface area (Å²) >= 11 is 7.56. The number of halogens is 1. The van der Waals surface area contributed by atoms with Crippen LogP contribution in [0.3, 0.4) is 0 Å². The van der Waals surface area contributed by atoms with Gasteiger partial charge in [-0.25, -0.2) is 4.98 Å². The number of imidazole rings is 1. The Morgan fingerprint density at radius 2 is 2.26 bits per heavy atom. The number of hydrogen-bond donors (Lipinski definition) is 0. The summed E-state index contributed by atoms with van der Waals surface area (Å²) in [4.78, 5) is 14.1. The second kappa shape index (κ2) is 5.14. The first-order valence-corrected chi connectivity index (χ1v) is 7.06. The molecule has 3 aromatic heterocycles. The fraction of sp³-hybridized carbons (Fsp3) is 0.250. The predicted molar refractivity (Wildman–Crippen MR) is 74.9 cm³/mol. The van der Waals surface area contributed by atoms with E-state index < -0.39 is 0 Å². The Labute approximate surface area is 118 Å². The van der Waals surface area contributed by atoms with Crippen molar-refractivity contribution < 1.29 is 4.74 Å². The smallest absolute Gasteiger partial charge is 0.215 e. The van der Waals surface area contributed by atoms with Crippen LogP contribution in [0.15, 0.2) is 23.8 Å². The number of alkyl halides is 1. The Morgan fingerprint density at radius 1 is 1.37 bits per heavy atom. The number of methoxy groups -OCH3 is 1. The largest absolute Gasteiger partial charge is 0.481 e. The van der Waals surface area contributed by atoms with E-state index in [9.17, 15) is 0 Å². The molecule has 3 rings (SSSR count). The monoisotopic (exact) mass is 294 g/mol. The standard InChI is InChI=1S/C12H11ClN4OS/c1-18-11-3-2-9-12(16-11)17(10(4-13)15-9)6-8-5-14-7-19-8/h2-3,5,7H,4,6H2,1H3. The van der Waals surface area contributed by atoms with E-state index >= 15 is 0 Å². The van der Waals surface area contributed by atoms with E-state index in [4.69, 9.17) is 16.3 Å². The number of nitrogens with zero attached hydrogens (tertiary/aromatic N) is 4. The second-order valence-electron chi connectivity index (χ2n) is 3.91. The van der Waals surface area contributed by atoms with E-state index in [1.807, 2.05) is 22.3 Å². The SMILES string of the molecule is COc1ccc2nc(CCl)n(Cc3cncs3)c2n1. The predicted octanol–water partition coefficient (Wildman–Crippen LogP) is 2.68. The third-order valence-corrected chi connectivity index (χ3v) is 3.78. The maximum atomic E-state index is 5.96. The van der Waals surface area contributed by atoms with Gasteiger partial charge in [0.2, 0.25) is 5.88 Å². The molecule has 0 spiro atoms. The number of ether oxygens (including phenoxy) is 1. The average Bonchev–Trinajstić information content (AvgIpc) is 3.07. The van der Waals surface area contributed by atoms with E-state index in [-0.39, 0.29) is 0 Å². The molecule has 19 heavy (non-hydrogen) atoms. The summed E-state index contributed by atoms with van der Waals surface area (Å²) in [5.41, 5.74) is 3.41. The molecule has 0 aliphatic heterocycles. The zero-order valence-corrected chi connectivity index (χ0v) is 11.8.